The molecule has 0 aromatic heterocycles. The molecule has 0 radical (unpaired) electrons. The van der Waals surface area contributed by atoms with Crippen LogP contribution in [0.25, 0.3) is 0 Å². The van der Waals surface area contributed by atoms with E-state index in [1.54, 1.807) is 6.08 Å². The van der Waals surface area contributed by atoms with Crippen LogP contribution in [0.5, 0.6) is 0 Å². The van der Waals surface area contributed by atoms with Crippen LogP contribution in [0.4, 0.5) is 0 Å². The van der Waals surface area contributed by atoms with Gasteiger partial charge in [0.2, 0.25) is 0 Å². The zero-order valence-corrected chi connectivity index (χ0v) is 17.2. The second-order valence-corrected chi connectivity index (χ2v) is 7.53. The minimum absolute atomic E-state index is 0.0555. The Labute approximate surface area is 168 Å². The number of allylic oxidation sites excluding steroid dienone is 1. The molecule has 0 aromatic carbocycles. The van der Waals surface area contributed by atoms with Gasteiger partial charge < -0.3 is 26.2 Å². The predicted octanol–water partition coefficient (Wildman–Crippen LogP) is 2.31. The Hall–Kier alpha value is -1.28. The van der Waals surface area contributed by atoms with Gasteiger partial charge in [-0.1, -0.05) is 51.2 Å². The summed E-state index contributed by atoms with van der Waals surface area (Å²) in [6.07, 6.45) is 11.1. The first-order valence-corrected chi connectivity index (χ1v) is 10.5. The van der Waals surface area contributed by atoms with Crippen LogP contribution in [-0.4, -0.2) is 56.5 Å². The summed E-state index contributed by atoms with van der Waals surface area (Å²) in [6, 6.07) is 0. The van der Waals surface area contributed by atoms with Gasteiger partial charge in [-0.25, -0.2) is 0 Å². The highest BCUT2D eigenvalue weighted by atomic mass is 16.4. The Morgan fingerprint density at radius 2 is 1.54 bits per heavy atom. The fourth-order valence-corrected chi connectivity index (χ4v) is 2.93. The number of carbonyl (C=O) groups is 2. The second kappa shape index (κ2) is 15.6. The third-order valence-electron chi connectivity index (χ3n) is 4.98. The largest absolute Gasteiger partial charge is 0.480 e. The SMILES string of the molecule is CCCCCCC(=O)CCCCCC/C=C/C[C@H](O)[C@@H](O)[C@@](N)(CO)C(=O)O. The van der Waals surface area contributed by atoms with Gasteiger partial charge in [0.15, 0.2) is 5.54 Å². The van der Waals surface area contributed by atoms with E-state index in [-0.39, 0.29) is 6.42 Å². The fraction of sp³-hybridized carbons (Fsp3) is 0.810. The van der Waals surface area contributed by atoms with Gasteiger partial charge in [0.1, 0.15) is 11.9 Å². The molecule has 0 aliphatic rings. The lowest BCUT2D eigenvalue weighted by molar-refractivity contribution is -0.155. The van der Waals surface area contributed by atoms with Gasteiger partial charge in [-0.05, 0) is 32.1 Å². The number of carboxylic acids is 1. The molecule has 0 heterocycles. The average molecular weight is 402 g/mol. The number of rotatable bonds is 18. The van der Waals surface area contributed by atoms with Crippen LogP contribution in [0.3, 0.4) is 0 Å². The van der Waals surface area contributed by atoms with Gasteiger partial charge in [0.25, 0.3) is 0 Å². The predicted molar refractivity (Wildman–Crippen MR) is 109 cm³/mol. The van der Waals surface area contributed by atoms with Crippen molar-refractivity contribution in [3.8, 4) is 0 Å². The molecular weight excluding hydrogens is 362 g/mol. The summed E-state index contributed by atoms with van der Waals surface area (Å²) >= 11 is 0. The van der Waals surface area contributed by atoms with Gasteiger partial charge in [-0.15, -0.1) is 0 Å². The van der Waals surface area contributed by atoms with Crippen molar-refractivity contribution in [1.29, 1.82) is 0 Å². The summed E-state index contributed by atoms with van der Waals surface area (Å²) in [4.78, 5) is 22.7. The number of unbranched alkanes of at least 4 members (excludes halogenated alkanes) is 7. The van der Waals surface area contributed by atoms with Crippen LogP contribution in [0, 0.1) is 0 Å². The lowest BCUT2D eigenvalue weighted by Gasteiger charge is -2.30. The number of carbonyl (C=O) groups excluding carboxylic acids is 1. The molecular formula is C21H39NO6. The Morgan fingerprint density at radius 3 is 2.07 bits per heavy atom. The van der Waals surface area contributed by atoms with Crippen molar-refractivity contribution in [2.75, 3.05) is 6.61 Å². The quantitative estimate of drug-likeness (QED) is 0.175. The van der Waals surface area contributed by atoms with Crippen molar-refractivity contribution in [3.05, 3.63) is 12.2 Å². The lowest BCUT2D eigenvalue weighted by Crippen LogP contribution is -2.63. The smallest absolute Gasteiger partial charge is 0.328 e. The number of ketones is 1. The van der Waals surface area contributed by atoms with Crippen LogP contribution < -0.4 is 5.73 Å². The summed E-state index contributed by atoms with van der Waals surface area (Å²) in [5, 5.41) is 37.8. The molecule has 0 rings (SSSR count). The van der Waals surface area contributed by atoms with Crippen molar-refractivity contribution >= 4 is 11.8 Å². The molecule has 7 nitrogen and oxygen atoms in total. The Balaban J connectivity index is 3.80. The zero-order chi connectivity index (χ0) is 21.4. The Bertz CT molecular complexity index is 468. The molecule has 0 saturated carbocycles. The van der Waals surface area contributed by atoms with Crippen molar-refractivity contribution in [3.63, 3.8) is 0 Å². The highest BCUT2D eigenvalue weighted by molar-refractivity contribution is 5.79. The summed E-state index contributed by atoms with van der Waals surface area (Å²) in [7, 11) is 0. The molecule has 0 aliphatic heterocycles. The van der Waals surface area contributed by atoms with Gasteiger partial charge in [-0.2, -0.15) is 0 Å². The summed E-state index contributed by atoms with van der Waals surface area (Å²) < 4.78 is 0. The van der Waals surface area contributed by atoms with Crippen LogP contribution in [0.2, 0.25) is 0 Å². The molecule has 28 heavy (non-hydrogen) atoms. The maximum Gasteiger partial charge on any atom is 0.328 e. The van der Waals surface area contributed by atoms with Crippen molar-refractivity contribution in [1.82, 2.24) is 0 Å². The molecule has 0 amide bonds. The van der Waals surface area contributed by atoms with E-state index >= 15 is 0 Å². The molecule has 164 valence electrons. The molecule has 3 atom stereocenters. The lowest BCUT2D eigenvalue weighted by atomic mass is 9.89. The third kappa shape index (κ3) is 10.9. The van der Waals surface area contributed by atoms with E-state index in [9.17, 15) is 19.8 Å². The molecule has 0 aromatic rings. The standard InChI is InChI=1S/C21H39NO6/c1-2-3-4-10-13-17(24)14-11-8-6-5-7-9-12-15-18(25)19(26)21(22,16-23)20(27)28/h9,12,18-19,23,25-26H,2-8,10-11,13-16,22H2,1H3,(H,27,28)/b12-9+/t18-,19+,21-/m0/s1. The molecule has 0 bridgehead atoms. The second-order valence-electron chi connectivity index (χ2n) is 7.53. The molecule has 0 unspecified atom stereocenters. The molecule has 0 spiro atoms. The van der Waals surface area contributed by atoms with Crippen LogP contribution in [0.15, 0.2) is 12.2 Å². The minimum atomic E-state index is -2.28. The number of nitrogens with two attached hydrogens (primary N) is 1. The van der Waals surface area contributed by atoms with Crippen LogP contribution >= 0.6 is 0 Å². The van der Waals surface area contributed by atoms with E-state index in [0.29, 0.717) is 18.6 Å². The maximum atomic E-state index is 11.7. The normalized spacial score (nSPS) is 16.0. The van der Waals surface area contributed by atoms with E-state index in [2.05, 4.69) is 6.92 Å². The molecule has 0 fully saturated rings. The number of Topliss-reactive ketones (excluding diaryl/α,β-unsaturated/α-hetero) is 1. The molecule has 6 N–H and O–H groups in total. The van der Waals surface area contributed by atoms with Gasteiger partial charge in [-0.3, -0.25) is 9.59 Å². The number of carboxylic acid groups (broad SMARTS) is 1. The number of hydrogen-bond donors (Lipinski definition) is 5. The summed E-state index contributed by atoms with van der Waals surface area (Å²) in [5.74, 6) is -1.20. The first-order valence-electron chi connectivity index (χ1n) is 10.5. The number of aliphatic hydroxyl groups is 3. The maximum absolute atomic E-state index is 11.7. The van der Waals surface area contributed by atoms with Crippen molar-refractivity contribution in [2.24, 2.45) is 5.73 Å². The van der Waals surface area contributed by atoms with Gasteiger partial charge in [0.05, 0.1) is 12.7 Å². The van der Waals surface area contributed by atoms with Crippen molar-refractivity contribution < 1.29 is 30.0 Å². The summed E-state index contributed by atoms with van der Waals surface area (Å²) in [6.45, 7) is 1.19. The Morgan fingerprint density at radius 1 is 0.964 bits per heavy atom. The first-order chi connectivity index (χ1) is 13.3. The van der Waals surface area contributed by atoms with E-state index in [4.69, 9.17) is 15.9 Å². The number of aliphatic carboxylic acids is 1. The highest BCUT2D eigenvalue weighted by Gasteiger charge is 2.44. The topological polar surface area (TPSA) is 141 Å². The van der Waals surface area contributed by atoms with E-state index < -0.39 is 30.3 Å². The van der Waals surface area contributed by atoms with Gasteiger partial charge in [0, 0.05) is 12.8 Å². The van der Waals surface area contributed by atoms with E-state index in [1.807, 2.05) is 6.08 Å². The zero-order valence-electron chi connectivity index (χ0n) is 17.2. The number of aliphatic hydroxyl groups excluding tert-OH is 3. The monoisotopic (exact) mass is 401 g/mol. The highest BCUT2D eigenvalue weighted by Crippen LogP contribution is 2.15. The summed E-state index contributed by atoms with van der Waals surface area (Å²) in [5.41, 5.74) is 3.16. The molecule has 0 aliphatic carbocycles. The molecule has 0 saturated heterocycles. The van der Waals surface area contributed by atoms with E-state index in [0.717, 1.165) is 44.9 Å². The third-order valence-corrected chi connectivity index (χ3v) is 4.98. The van der Waals surface area contributed by atoms with Crippen LogP contribution in [-0.2, 0) is 9.59 Å². The number of hydrogen-bond acceptors (Lipinski definition) is 6. The van der Waals surface area contributed by atoms with Gasteiger partial charge >= 0.3 is 5.97 Å². The fourth-order valence-electron chi connectivity index (χ4n) is 2.93. The van der Waals surface area contributed by atoms with Crippen LogP contribution in [0.1, 0.15) is 84.0 Å². The first kappa shape index (κ1) is 26.7. The minimum Gasteiger partial charge on any atom is -0.480 e. The van der Waals surface area contributed by atoms with Crippen molar-refractivity contribution in [2.45, 2.75) is 102 Å². The molecule has 7 heteroatoms. The average Bonchev–Trinajstić information content (AvgIpc) is 2.68. The van der Waals surface area contributed by atoms with E-state index in [1.165, 1.54) is 12.8 Å². The Kier molecular flexibility index (Phi) is 14.9.